The van der Waals surface area contributed by atoms with Crippen molar-refractivity contribution >= 4 is 21.8 Å². The minimum absolute atomic E-state index is 0.251. The van der Waals surface area contributed by atoms with Crippen molar-refractivity contribution in [1.82, 2.24) is 10.2 Å². The van der Waals surface area contributed by atoms with E-state index >= 15 is 0 Å². The molecule has 1 fully saturated rings. The lowest BCUT2D eigenvalue weighted by Gasteiger charge is -2.20. The van der Waals surface area contributed by atoms with Crippen molar-refractivity contribution in [2.75, 3.05) is 26.7 Å². The molecule has 0 aromatic heterocycles. The Morgan fingerprint density at radius 2 is 2.25 bits per heavy atom. The van der Waals surface area contributed by atoms with Crippen molar-refractivity contribution in [3.8, 4) is 0 Å². The fraction of sp³-hybridized carbons (Fsp3) is 0.562. The zero-order valence-corrected chi connectivity index (χ0v) is 13.8. The fourth-order valence-electron chi connectivity index (χ4n) is 2.89. The minimum Gasteiger partial charge on any atom is -0.342 e. The van der Waals surface area contributed by atoms with Crippen molar-refractivity contribution < 1.29 is 4.79 Å². The number of amides is 1. The van der Waals surface area contributed by atoms with Gasteiger partial charge < -0.3 is 10.2 Å². The van der Waals surface area contributed by atoms with Crippen molar-refractivity contribution in [3.05, 3.63) is 34.3 Å². The van der Waals surface area contributed by atoms with Crippen molar-refractivity contribution in [3.63, 3.8) is 0 Å². The quantitative estimate of drug-likeness (QED) is 0.894. The SMILES string of the molecule is CNC[C@H]1CCN(C(=O)C[C@@H](C)c2ccccc2Br)C1. The zero-order valence-electron chi connectivity index (χ0n) is 12.2. The Morgan fingerprint density at radius 3 is 2.95 bits per heavy atom. The van der Waals surface area contributed by atoms with Gasteiger partial charge in [-0.25, -0.2) is 0 Å². The van der Waals surface area contributed by atoms with E-state index in [1.165, 1.54) is 5.56 Å². The van der Waals surface area contributed by atoms with Crippen LogP contribution >= 0.6 is 15.9 Å². The number of benzene rings is 1. The highest BCUT2D eigenvalue weighted by Crippen LogP contribution is 2.28. The van der Waals surface area contributed by atoms with Gasteiger partial charge in [0.2, 0.25) is 5.91 Å². The molecule has 4 heteroatoms. The van der Waals surface area contributed by atoms with Gasteiger partial charge in [0.1, 0.15) is 0 Å². The number of nitrogens with one attached hydrogen (secondary N) is 1. The van der Waals surface area contributed by atoms with Gasteiger partial charge in [-0.1, -0.05) is 41.1 Å². The molecular formula is C16H23BrN2O. The topological polar surface area (TPSA) is 32.3 Å². The van der Waals surface area contributed by atoms with Gasteiger partial charge in [-0.3, -0.25) is 4.79 Å². The first-order chi connectivity index (χ1) is 9.61. The lowest BCUT2D eigenvalue weighted by molar-refractivity contribution is -0.130. The molecule has 1 aliphatic heterocycles. The summed E-state index contributed by atoms with van der Waals surface area (Å²) in [6.45, 7) is 4.94. The van der Waals surface area contributed by atoms with E-state index < -0.39 is 0 Å². The summed E-state index contributed by atoms with van der Waals surface area (Å²) in [4.78, 5) is 14.4. The van der Waals surface area contributed by atoms with E-state index in [4.69, 9.17) is 0 Å². The van der Waals surface area contributed by atoms with Crippen molar-refractivity contribution in [2.45, 2.75) is 25.7 Å². The second-order valence-corrected chi connectivity index (χ2v) is 6.53. The second kappa shape index (κ2) is 7.23. The molecule has 1 N–H and O–H groups in total. The summed E-state index contributed by atoms with van der Waals surface area (Å²) in [7, 11) is 1.97. The predicted molar refractivity (Wildman–Crippen MR) is 85.8 cm³/mol. The molecule has 0 bridgehead atoms. The molecule has 2 atom stereocenters. The molecule has 0 aliphatic carbocycles. The minimum atomic E-state index is 0.251. The third-order valence-electron chi connectivity index (χ3n) is 4.05. The number of rotatable bonds is 5. The summed E-state index contributed by atoms with van der Waals surface area (Å²) in [5.74, 6) is 1.15. The molecule has 0 saturated carbocycles. The van der Waals surface area contributed by atoms with Crippen LogP contribution in [-0.2, 0) is 4.79 Å². The van der Waals surface area contributed by atoms with Crippen LogP contribution < -0.4 is 5.32 Å². The molecule has 0 spiro atoms. The lowest BCUT2D eigenvalue weighted by Crippen LogP contribution is -2.31. The number of hydrogen-bond donors (Lipinski definition) is 1. The Hall–Kier alpha value is -0.870. The number of nitrogens with zero attached hydrogens (tertiary/aromatic N) is 1. The third kappa shape index (κ3) is 3.83. The maximum Gasteiger partial charge on any atom is 0.223 e. The normalized spacial score (nSPS) is 20.1. The number of likely N-dealkylation sites (tertiary alicyclic amines) is 1. The standard InChI is InChI=1S/C16H23BrN2O/c1-12(14-5-3-4-6-15(14)17)9-16(20)19-8-7-13(11-19)10-18-2/h3-6,12-13,18H,7-11H2,1-2H3/t12-,13-/m1/s1. The Balaban J connectivity index is 1.90. The Kier molecular flexibility index (Phi) is 5.61. The van der Waals surface area contributed by atoms with Crippen LogP contribution in [0.25, 0.3) is 0 Å². The van der Waals surface area contributed by atoms with Gasteiger partial charge in [-0.15, -0.1) is 0 Å². The number of carbonyl (C=O) groups is 1. The van der Waals surface area contributed by atoms with Gasteiger partial charge in [0.25, 0.3) is 0 Å². The van der Waals surface area contributed by atoms with Gasteiger partial charge >= 0.3 is 0 Å². The fourth-order valence-corrected chi connectivity index (χ4v) is 3.57. The maximum atomic E-state index is 12.4. The van der Waals surface area contributed by atoms with Gasteiger partial charge in [0.05, 0.1) is 0 Å². The van der Waals surface area contributed by atoms with Crippen molar-refractivity contribution in [2.24, 2.45) is 5.92 Å². The van der Waals surface area contributed by atoms with E-state index in [1.54, 1.807) is 0 Å². The zero-order chi connectivity index (χ0) is 14.5. The van der Waals surface area contributed by atoms with E-state index in [9.17, 15) is 4.79 Å². The average Bonchev–Trinajstić information content (AvgIpc) is 2.88. The van der Waals surface area contributed by atoms with E-state index in [2.05, 4.69) is 34.2 Å². The van der Waals surface area contributed by atoms with Crippen LogP contribution in [0.2, 0.25) is 0 Å². The molecule has 1 saturated heterocycles. The molecule has 1 aliphatic rings. The molecule has 1 amide bonds. The molecule has 1 aromatic carbocycles. The maximum absolute atomic E-state index is 12.4. The van der Waals surface area contributed by atoms with E-state index in [0.29, 0.717) is 12.3 Å². The highest BCUT2D eigenvalue weighted by atomic mass is 79.9. The largest absolute Gasteiger partial charge is 0.342 e. The summed E-state index contributed by atoms with van der Waals surface area (Å²) < 4.78 is 1.09. The third-order valence-corrected chi connectivity index (χ3v) is 4.77. The van der Waals surface area contributed by atoms with Gasteiger partial charge in [-0.05, 0) is 43.5 Å². The summed E-state index contributed by atoms with van der Waals surface area (Å²) in [6, 6.07) is 8.16. The number of hydrogen-bond acceptors (Lipinski definition) is 2. The van der Waals surface area contributed by atoms with Crippen LogP contribution in [0.15, 0.2) is 28.7 Å². The molecule has 0 unspecified atom stereocenters. The van der Waals surface area contributed by atoms with Crippen LogP contribution in [0.5, 0.6) is 0 Å². The molecule has 110 valence electrons. The Bertz CT molecular complexity index is 464. The molecule has 1 aromatic rings. The summed E-state index contributed by atoms with van der Waals surface area (Å²) in [5, 5.41) is 3.20. The van der Waals surface area contributed by atoms with Gasteiger partial charge in [-0.2, -0.15) is 0 Å². The summed E-state index contributed by atoms with van der Waals surface area (Å²) >= 11 is 3.57. The van der Waals surface area contributed by atoms with Crippen LogP contribution in [0.3, 0.4) is 0 Å². The Labute approximate surface area is 129 Å². The van der Waals surface area contributed by atoms with Crippen LogP contribution in [0.4, 0.5) is 0 Å². The highest BCUT2D eigenvalue weighted by Gasteiger charge is 2.26. The number of carbonyl (C=O) groups excluding carboxylic acids is 1. The Morgan fingerprint density at radius 1 is 1.50 bits per heavy atom. The first kappa shape index (κ1) is 15.5. The van der Waals surface area contributed by atoms with E-state index in [-0.39, 0.29) is 11.8 Å². The number of halogens is 1. The molecule has 20 heavy (non-hydrogen) atoms. The van der Waals surface area contributed by atoms with E-state index in [0.717, 1.165) is 30.5 Å². The van der Waals surface area contributed by atoms with Crippen molar-refractivity contribution in [1.29, 1.82) is 0 Å². The predicted octanol–water partition coefficient (Wildman–Crippen LogP) is 3.01. The van der Waals surface area contributed by atoms with Crippen LogP contribution in [0.1, 0.15) is 31.2 Å². The van der Waals surface area contributed by atoms with Gasteiger partial charge in [0, 0.05) is 24.0 Å². The lowest BCUT2D eigenvalue weighted by atomic mass is 9.97. The van der Waals surface area contributed by atoms with E-state index in [1.807, 2.05) is 30.1 Å². The average molecular weight is 339 g/mol. The first-order valence-corrected chi connectivity index (χ1v) is 8.08. The molecular weight excluding hydrogens is 316 g/mol. The van der Waals surface area contributed by atoms with Crippen LogP contribution in [-0.4, -0.2) is 37.5 Å². The summed E-state index contributed by atoms with van der Waals surface area (Å²) in [5.41, 5.74) is 1.21. The second-order valence-electron chi connectivity index (χ2n) is 5.68. The molecule has 3 nitrogen and oxygen atoms in total. The van der Waals surface area contributed by atoms with Gasteiger partial charge in [0.15, 0.2) is 0 Å². The highest BCUT2D eigenvalue weighted by molar-refractivity contribution is 9.10. The molecule has 0 radical (unpaired) electrons. The molecule has 2 rings (SSSR count). The van der Waals surface area contributed by atoms with Crippen LogP contribution in [0, 0.1) is 5.92 Å². The smallest absolute Gasteiger partial charge is 0.223 e. The monoisotopic (exact) mass is 338 g/mol. The summed E-state index contributed by atoms with van der Waals surface area (Å²) in [6.07, 6.45) is 1.71. The molecule has 1 heterocycles. The first-order valence-electron chi connectivity index (χ1n) is 7.28.